The second kappa shape index (κ2) is 12.7. The van der Waals surface area contributed by atoms with E-state index in [-0.39, 0.29) is 11.4 Å². The molecule has 2 N–H and O–H groups in total. The molecule has 0 bridgehead atoms. The van der Waals surface area contributed by atoms with Crippen LogP contribution in [0.2, 0.25) is 0 Å². The number of rotatable bonds is 3. The van der Waals surface area contributed by atoms with Crippen LogP contribution in [0.5, 0.6) is 0 Å². The van der Waals surface area contributed by atoms with Crippen molar-refractivity contribution in [2.75, 3.05) is 32.4 Å². The Labute approximate surface area is 230 Å². The Morgan fingerprint density at radius 2 is 1.49 bits per heavy atom. The number of halogens is 7. The standard InChI is InChI=1S/C19H25FN4O2S.2C2HF3O2/c1-3-22-11-12-24-17(15-5-4-6-16(20)13-15)14-21-18(24)19(22)7-9-23(10-8-19)27(2,25)26;2*3-2(4,5)1(6)7/h4-6,13-14H,3,7-12H2,1-2H3;2*(H,6,7). The zero-order valence-electron chi connectivity index (χ0n) is 21.7. The average molecular weight is 621 g/mol. The number of piperidine rings is 1. The number of nitrogens with zero attached hydrogens (tertiary/aromatic N) is 4. The van der Waals surface area contributed by atoms with Gasteiger partial charge in [0.15, 0.2) is 0 Å². The van der Waals surface area contributed by atoms with Crippen LogP contribution in [0.3, 0.4) is 0 Å². The maximum atomic E-state index is 13.7. The van der Waals surface area contributed by atoms with Gasteiger partial charge >= 0.3 is 24.3 Å². The normalized spacial score (nSPS) is 17.5. The molecule has 1 fully saturated rings. The molecule has 1 aromatic carbocycles. The molecule has 2 aromatic rings. The van der Waals surface area contributed by atoms with E-state index in [1.54, 1.807) is 10.4 Å². The van der Waals surface area contributed by atoms with E-state index in [4.69, 9.17) is 24.8 Å². The third kappa shape index (κ3) is 8.38. The first-order valence-electron chi connectivity index (χ1n) is 11.9. The van der Waals surface area contributed by atoms with Crippen LogP contribution in [0.1, 0.15) is 25.6 Å². The first-order valence-corrected chi connectivity index (χ1v) is 13.7. The van der Waals surface area contributed by atoms with E-state index in [1.807, 2.05) is 12.3 Å². The van der Waals surface area contributed by atoms with Crippen LogP contribution in [-0.2, 0) is 31.7 Å². The topological polar surface area (TPSA) is 133 Å². The molecule has 0 radical (unpaired) electrons. The van der Waals surface area contributed by atoms with E-state index in [0.29, 0.717) is 25.9 Å². The molecule has 0 unspecified atom stereocenters. The van der Waals surface area contributed by atoms with Gasteiger partial charge in [0.2, 0.25) is 10.0 Å². The lowest BCUT2D eigenvalue weighted by molar-refractivity contribution is -0.193. The molecule has 0 atom stereocenters. The van der Waals surface area contributed by atoms with Crippen LogP contribution in [0.15, 0.2) is 30.5 Å². The number of imidazole rings is 1. The van der Waals surface area contributed by atoms with E-state index >= 15 is 0 Å². The molecule has 1 spiro atoms. The second-order valence-electron chi connectivity index (χ2n) is 9.01. The number of alkyl halides is 6. The Balaban J connectivity index is 0.000000349. The van der Waals surface area contributed by atoms with Gasteiger partial charge in [0.1, 0.15) is 11.6 Å². The summed E-state index contributed by atoms with van der Waals surface area (Å²) in [5.74, 6) is -4.80. The summed E-state index contributed by atoms with van der Waals surface area (Å²) in [6.07, 6.45) is -5.64. The Hall–Kier alpha value is -3.25. The quantitative estimate of drug-likeness (QED) is 0.498. The Morgan fingerprint density at radius 3 is 1.90 bits per heavy atom. The van der Waals surface area contributed by atoms with E-state index in [1.165, 1.54) is 18.4 Å². The summed E-state index contributed by atoms with van der Waals surface area (Å²) in [6.45, 7) is 5.69. The minimum Gasteiger partial charge on any atom is -0.475 e. The molecule has 4 rings (SSSR count). The molecule has 18 heteroatoms. The molecule has 1 saturated heterocycles. The summed E-state index contributed by atoms with van der Waals surface area (Å²) in [6, 6.07) is 6.60. The van der Waals surface area contributed by atoms with Gasteiger partial charge in [-0.3, -0.25) is 4.90 Å². The molecule has 1 aromatic heterocycles. The Morgan fingerprint density at radius 1 is 0.976 bits per heavy atom. The number of aromatic nitrogens is 2. The minimum absolute atomic E-state index is 0.259. The molecule has 0 saturated carbocycles. The lowest BCUT2D eigenvalue weighted by Gasteiger charge is -2.50. The number of likely N-dealkylation sites (N-methyl/N-ethyl adjacent to an activating group) is 1. The average Bonchev–Trinajstić information content (AvgIpc) is 3.29. The first-order chi connectivity index (χ1) is 18.7. The molecule has 2 aliphatic heterocycles. The predicted molar refractivity (Wildman–Crippen MR) is 130 cm³/mol. The summed E-state index contributed by atoms with van der Waals surface area (Å²) >= 11 is 0. The smallest absolute Gasteiger partial charge is 0.475 e. The number of carboxylic acids is 2. The van der Waals surface area contributed by atoms with Crippen molar-refractivity contribution in [3.8, 4) is 11.3 Å². The van der Waals surface area contributed by atoms with Gasteiger partial charge in [-0.1, -0.05) is 19.1 Å². The number of carboxylic acid groups (broad SMARTS) is 2. The molecule has 0 amide bonds. The van der Waals surface area contributed by atoms with Gasteiger partial charge < -0.3 is 14.8 Å². The number of aliphatic carboxylic acids is 2. The lowest BCUT2D eigenvalue weighted by Crippen LogP contribution is -2.58. The van der Waals surface area contributed by atoms with Crippen LogP contribution < -0.4 is 0 Å². The predicted octanol–water partition coefficient (Wildman–Crippen LogP) is 3.54. The SMILES string of the molecule is CCN1CCn2c(-c3cccc(F)c3)cnc2C12CCN(S(C)(=O)=O)CC2.O=C(O)C(F)(F)F.O=C(O)C(F)(F)F. The van der Waals surface area contributed by atoms with Crippen molar-refractivity contribution in [3.63, 3.8) is 0 Å². The highest BCUT2D eigenvalue weighted by molar-refractivity contribution is 7.88. The van der Waals surface area contributed by atoms with Crippen molar-refractivity contribution in [1.29, 1.82) is 0 Å². The summed E-state index contributed by atoms with van der Waals surface area (Å²) in [5, 5.41) is 14.2. The van der Waals surface area contributed by atoms with Crippen molar-refractivity contribution < 1.29 is 59.0 Å². The largest absolute Gasteiger partial charge is 0.490 e. The number of hydrogen-bond donors (Lipinski definition) is 2. The second-order valence-corrected chi connectivity index (χ2v) is 11.0. The van der Waals surface area contributed by atoms with Gasteiger partial charge in [0.05, 0.1) is 23.7 Å². The number of hydrogen-bond acceptors (Lipinski definition) is 6. The molecule has 10 nitrogen and oxygen atoms in total. The highest BCUT2D eigenvalue weighted by atomic mass is 32.2. The third-order valence-electron chi connectivity index (χ3n) is 6.48. The van der Waals surface area contributed by atoms with Crippen molar-refractivity contribution in [2.24, 2.45) is 0 Å². The van der Waals surface area contributed by atoms with E-state index in [2.05, 4.69) is 16.4 Å². The highest BCUT2D eigenvalue weighted by Gasteiger charge is 2.47. The van der Waals surface area contributed by atoms with Crippen molar-refractivity contribution in [1.82, 2.24) is 18.8 Å². The summed E-state index contributed by atoms with van der Waals surface area (Å²) in [7, 11) is -3.18. The minimum atomic E-state index is -5.08. The fourth-order valence-corrected chi connectivity index (χ4v) is 5.46. The van der Waals surface area contributed by atoms with Crippen LogP contribution >= 0.6 is 0 Å². The molecule has 41 heavy (non-hydrogen) atoms. The van der Waals surface area contributed by atoms with E-state index < -0.39 is 34.3 Å². The van der Waals surface area contributed by atoms with Crippen LogP contribution in [0.25, 0.3) is 11.3 Å². The van der Waals surface area contributed by atoms with Crippen molar-refractivity contribution in [2.45, 2.75) is 44.2 Å². The molecule has 3 heterocycles. The molecular weight excluding hydrogens is 593 g/mol. The molecule has 230 valence electrons. The van der Waals surface area contributed by atoms with Crippen LogP contribution in [-0.4, -0.2) is 94.1 Å². The number of fused-ring (bicyclic) bond motifs is 2. The summed E-state index contributed by atoms with van der Waals surface area (Å²) < 4.78 is 105. The monoisotopic (exact) mass is 620 g/mol. The van der Waals surface area contributed by atoms with Gasteiger partial charge in [-0.25, -0.2) is 31.7 Å². The van der Waals surface area contributed by atoms with Crippen LogP contribution in [0, 0.1) is 5.82 Å². The van der Waals surface area contributed by atoms with Gasteiger partial charge in [0.25, 0.3) is 0 Å². The van der Waals surface area contributed by atoms with Gasteiger partial charge in [0, 0.05) is 31.7 Å². The van der Waals surface area contributed by atoms with Gasteiger partial charge in [-0.05, 0) is 31.5 Å². The molecule has 0 aliphatic carbocycles. The lowest BCUT2D eigenvalue weighted by atomic mass is 9.84. The summed E-state index contributed by atoms with van der Waals surface area (Å²) in [4.78, 5) is 25.0. The maximum Gasteiger partial charge on any atom is 0.490 e. The van der Waals surface area contributed by atoms with Crippen molar-refractivity contribution >= 4 is 22.0 Å². The fourth-order valence-electron chi connectivity index (χ4n) is 4.62. The molecular formula is C23H27F7N4O6S. The number of sulfonamides is 1. The first kappa shape index (κ1) is 34.0. The zero-order chi connectivity index (χ0) is 31.4. The van der Waals surface area contributed by atoms with E-state index in [0.717, 1.165) is 36.7 Å². The third-order valence-corrected chi connectivity index (χ3v) is 7.78. The van der Waals surface area contributed by atoms with Crippen LogP contribution in [0.4, 0.5) is 30.7 Å². The number of benzene rings is 1. The highest BCUT2D eigenvalue weighted by Crippen LogP contribution is 2.42. The van der Waals surface area contributed by atoms with Gasteiger partial charge in [-0.15, -0.1) is 0 Å². The number of carbonyl (C=O) groups is 2. The van der Waals surface area contributed by atoms with E-state index in [9.17, 15) is 39.2 Å². The Bertz CT molecular complexity index is 1310. The fraction of sp³-hybridized carbons (Fsp3) is 0.522. The summed E-state index contributed by atoms with van der Waals surface area (Å²) in [5.41, 5.74) is 1.48. The zero-order valence-corrected chi connectivity index (χ0v) is 22.5. The van der Waals surface area contributed by atoms with Crippen molar-refractivity contribution in [3.05, 3.63) is 42.1 Å². The van der Waals surface area contributed by atoms with Gasteiger partial charge in [-0.2, -0.15) is 26.3 Å². The molecule has 2 aliphatic rings. The Kier molecular flexibility index (Phi) is 10.5. The maximum absolute atomic E-state index is 13.7.